The number of sulfonamides is 1. The maximum absolute atomic E-state index is 12.7. The van der Waals surface area contributed by atoms with E-state index in [1.807, 2.05) is 18.2 Å². The lowest BCUT2D eigenvalue weighted by atomic mass is 10.2. The molecule has 1 aromatic heterocycles. The van der Waals surface area contributed by atoms with Crippen LogP contribution in [0.1, 0.15) is 10.4 Å². The molecule has 0 spiro atoms. The smallest absolute Gasteiger partial charge is 0.269 e. The van der Waals surface area contributed by atoms with Crippen molar-refractivity contribution in [2.24, 2.45) is 0 Å². The summed E-state index contributed by atoms with van der Waals surface area (Å²) in [5.74, 6) is -0.296. The molecular weight excluding hydrogens is 422 g/mol. The largest absolute Gasteiger partial charge is 0.324 e. The van der Waals surface area contributed by atoms with Gasteiger partial charge in [-0.3, -0.25) is 24.9 Å². The van der Waals surface area contributed by atoms with Crippen LogP contribution >= 0.6 is 0 Å². The molecule has 10 nitrogen and oxygen atoms in total. The highest BCUT2D eigenvalue weighted by Crippen LogP contribution is 2.21. The summed E-state index contributed by atoms with van der Waals surface area (Å²) in [6, 6.07) is 17.7. The zero-order valence-corrected chi connectivity index (χ0v) is 16.6. The van der Waals surface area contributed by atoms with Gasteiger partial charge >= 0.3 is 0 Å². The van der Waals surface area contributed by atoms with Crippen molar-refractivity contribution in [3.05, 3.63) is 88.5 Å². The number of hydrogen-bond donors (Lipinski definition) is 3. The van der Waals surface area contributed by atoms with Gasteiger partial charge in [-0.15, -0.1) is 0 Å². The summed E-state index contributed by atoms with van der Waals surface area (Å²) < 4.78 is 27.7. The molecular formula is C20H15N5O5S. The van der Waals surface area contributed by atoms with Crippen LogP contribution < -0.4 is 10.0 Å². The van der Waals surface area contributed by atoms with Gasteiger partial charge < -0.3 is 4.98 Å². The second kappa shape index (κ2) is 7.88. The predicted molar refractivity (Wildman–Crippen MR) is 114 cm³/mol. The number of H-pyrrole nitrogens is 1. The summed E-state index contributed by atoms with van der Waals surface area (Å²) in [5, 5.41) is 13.3. The number of nitrogens with one attached hydrogen (secondary N) is 3. The normalized spacial score (nSPS) is 11.2. The number of nitro groups is 1. The highest BCUT2D eigenvalue weighted by Gasteiger charge is 2.18. The van der Waals surface area contributed by atoms with Gasteiger partial charge in [-0.1, -0.05) is 18.2 Å². The van der Waals surface area contributed by atoms with E-state index in [0.717, 1.165) is 5.52 Å². The van der Waals surface area contributed by atoms with Crippen LogP contribution in [0.4, 0.5) is 17.3 Å². The van der Waals surface area contributed by atoms with Crippen molar-refractivity contribution < 1.29 is 18.1 Å². The molecule has 11 heteroatoms. The minimum Gasteiger partial charge on any atom is -0.324 e. The van der Waals surface area contributed by atoms with Crippen molar-refractivity contribution in [3.8, 4) is 0 Å². The predicted octanol–water partition coefficient (Wildman–Crippen LogP) is 3.52. The zero-order chi connectivity index (χ0) is 22.0. The first-order valence-electron chi connectivity index (χ1n) is 8.95. The molecule has 0 aliphatic rings. The van der Waals surface area contributed by atoms with Crippen LogP contribution in [0.5, 0.6) is 0 Å². The molecule has 1 amide bonds. The molecule has 4 aromatic rings. The molecule has 3 N–H and O–H groups in total. The number of carbonyl (C=O) groups excluding carboxylic acids is 1. The van der Waals surface area contributed by atoms with E-state index in [0.29, 0.717) is 5.52 Å². The topological polar surface area (TPSA) is 147 Å². The average molecular weight is 437 g/mol. The number of anilines is 2. The summed E-state index contributed by atoms with van der Waals surface area (Å²) in [5.41, 5.74) is 1.55. The highest BCUT2D eigenvalue weighted by atomic mass is 32.2. The number of aromatic amines is 1. The fraction of sp³-hybridized carbons (Fsp3) is 0. The standard InChI is InChI=1S/C20H15N5O5S/c26-19(23-20-21-17-6-1-2-7-18(17)22-20)13-4-3-5-16(12-13)31(29,30)24-14-8-10-15(11-9-14)25(27)28/h1-12,24H,(H2,21,22,23,26). The first-order valence-corrected chi connectivity index (χ1v) is 10.4. The zero-order valence-electron chi connectivity index (χ0n) is 15.8. The van der Waals surface area contributed by atoms with E-state index >= 15 is 0 Å². The van der Waals surface area contributed by atoms with E-state index in [2.05, 4.69) is 20.0 Å². The van der Waals surface area contributed by atoms with Gasteiger partial charge in [-0.25, -0.2) is 13.4 Å². The van der Waals surface area contributed by atoms with Gasteiger partial charge in [0.15, 0.2) is 0 Å². The number of nitro benzene ring substituents is 1. The number of nitrogens with zero attached hydrogens (tertiary/aromatic N) is 2. The summed E-state index contributed by atoms with van der Waals surface area (Å²) >= 11 is 0. The Morgan fingerprint density at radius 3 is 2.45 bits per heavy atom. The van der Waals surface area contributed by atoms with Crippen LogP contribution in [-0.4, -0.2) is 29.2 Å². The lowest BCUT2D eigenvalue weighted by Crippen LogP contribution is -2.16. The second-order valence-corrected chi connectivity index (χ2v) is 8.18. The van der Waals surface area contributed by atoms with E-state index in [4.69, 9.17) is 0 Å². The van der Waals surface area contributed by atoms with Crippen molar-refractivity contribution in [1.29, 1.82) is 0 Å². The van der Waals surface area contributed by atoms with Crippen molar-refractivity contribution >= 4 is 44.3 Å². The quantitative estimate of drug-likeness (QED) is 0.311. The monoisotopic (exact) mass is 437 g/mol. The number of rotatable bonds is 6. The molecule has 156 valence electrons. The molecule has 0 bridgehead atoms. The third kappa shape index (κ3) is 4.36. The van der Waals surface area contributed by atoms with Crippen molar-refractivity contribution in [1.82, 2.24) is 9.97 Å². The van der Waals surface area contributed by atoms with E-state index in [1.165, 1.54) is 48.5 Å². The molecule has 0 saturated heterocycles. The maximum atomic E-state index is 12.7. The molecule has 0 radical (unpaired) electrons. The van der Waals surface area contributed by atoms with E-state index in [9.17, 15) is 23.3 Å². The number of para-hydroxylation sites is 2. The van der Waals surface area contributed by atoms with Gasteiger partial charge in [-0.05, 0) is 42.5 Å². The molecule has 1 heterocycles. The lowest BCUT2D eigenvalue weighted by molar-refractivity contribution is -0.384. The van der Waals surface area contributed by atoms with Crippen molar-refractivity contribution in [3.63, 3.8) is 0 Å². The fourth-order valence-corrected chi connectivity index (χ4v) is 3.97. The first-order chi connectivity index (χ1) is 14.8. The van der Waals surface area contributed by atoms with Crippen LogP contribution in [-0.2, 0) is 10.0 Å². The molecule has 3 aromatic carbocycles. The molecule has 4 rings (SSSR count). The van der Waals surface area contributed by atoms with Crippen LogP contribution in [0.25, 0.3) is 11.0 Å². The number of aromatic nitrogens is 2. The second-order valence-electron chi connectivity index (χ2n) is 6.49. The Morgan fingerprint density at radius 1 is 1.00 bits per heavy atom. The third-order valence-electron chi connectivity index (χ3n) is 4.36. The Labute approximate surface area is 176 Å². The van der Waals surface area contributed by atoms with E-state index in [1.54, 1.807) is 6.07 Å². The van der Waals surface area contributed by atoms with Crippen LogP contribution in [0.2, 0.25) is 0 Å². The van der Waals surface area contributed by atoms with Crippen molar-refractivity contribution in [2.75, 3.05) is 10.0 Å². The third-order valence-corrected chi connectivity index (χ3v) is 5.74. The Balaban J connectivity index is 1.53. The van der Waals surface area contributed by atoms with Crippen LogP contribution in [0, 0.1) is 10.1 Å². The maximum Gasteiger partial charge on any atom is 0.269 e. The first kappa shape index (κ1) is 20.0. The van der Waals surface area contributed by atoms with Gasteiger partial charge in [0.1, 0.15) is 0 Å². The number of fused-ring (bicyclic) bond motifs is 1. The van der Waals surface area contributed by atoms with Gasteiger partial charge in [0.05, 0.1) is 20.9 Å². The number of imidazole rings is 1. The number of carbonyl (C=O) groups is 1. The molecule has 0 saturated carbocycles. The SMILES string of the molecule is O=C(Nc1nc2ccccc2[nH]1)c1cccc(S(=O)(=O)Nc2ccc([N+](=O)[O-])cc2)c1. The van der Waals surface area contributed by atoms with Gasteiger partial charge in [0.2, 0.25) is 5.95 Å². The molecule has 0 aliphatic carbocycles. The Hall–Kier alpha value is -4.25. The summed E-state index contributed by atoms with van der Waals surface area (Å²) in [6.45, 7) is 0. The van der Waals surface area contributed by atoms with Gasteiger partial charge in [0.25, 0.3) is 21.6 Å². The van der Waals surface area contributed by atoms with E-state index in [-0.39, 0.29) is 27.8 Å². The molecule has 0 fully saturated rings. The van der Waals surface area contributed by atoms with Gasteiger partial charge in [0, 0.05) is 23.4 Å². The summed E-state index contributed by atoms with van der Waals surface area (Å²) in [7, 11) is -4.02. The average Bonchev–Trinajstić information content (AvgIpc) is 3.16. The summed E-state index contributed by atoms with van der Waals surface area (Å²) in [4.78, 5) is 29.8. The number of hydrogen-bond acceptors (Lipinski definition) is 6. The molecule has 31 heavy (non-hydrogen) atoms. The number of amides is 1. The summed E-state index contributed by atoms with van der Waals surface area (Å²) in [6.07, 6.45) is 0. The van der Waals surface area contributed by atoms with Crippen LogP contribution in [0.15, 0.2) is 77.7 Å². The Bertz CT molecular complexity index is 1360. The minimum absolute atomic E-state index is 0.118. The fourth-order valence-electron chi connectivity index (χ4n) is 2.86. The Kier molecular flexibility index (Phi) is 5.09. The molecule has 0 unspecified atom stereocenters. The van der Waals surface area contributed by atoms with Gasteiger partial charge in [-0.2, -0.15) is 0 Å². The number of non-ortho nitro benzene ring substituents is 1. The highest BCUT2D eigenvalue weighted by molar-refractivity contribution is 7.92. The minimum atomic E-state index is -4.02. The van der Waals surface area contributed by atoms with Crippen molar-refractivity contribution in [2.45, 2.75) is 4.90 Å². The molecule has 0 aliphatic heterocycles. The van der Waals surface area contributed by atoms with Crippen LogP contribution in [0.3, 0.4) is 0 Å². The number of benzene rings is 3. The Morgan fingerprint density at radius 2 is 1.74 bits per heavy atom. The molecule has 0 atom stereocenters. The lowest BCUT2D eigenvalue weighted by Gasteiger charge is -2.09. The van der Waals surface area contributed by atoms with E-state index < -0.39 is 20.9 Å².